The number of fused-ring (bicyclic) bond motifs is 8. The zero-order valence-corrected chi connectivity index (χ0v) is 31.5. The van der Waals surface area contributed by atoms with Crippen molar-refractivity contribution in [3.63, 3.8) is 0 Å². The monoisotopic (exact) mass is 752 g/mol. The average molecular weight is 753 g/mol. The van der Waals surface area contributed by atoms with Gasteiger partial charge in [0.15, 0.2) is 5.69 Å². The molecule has 5 heterocycles. The van der Waals surface area contributed by atoms with Gasteiger partial charge in [-0.3, -0.25) is 0 Å². The molecule has 2 N–H and O–H groups in total. The Kier molecular flexibility index (Phi) is 8.98. The summed E-state index contributed by atoms with van der Waals surface area (Å²) >= 11 is 0. The molecule has 280 valence electrons. The van der Waals surface area contributed by atoms with Gasteiger partial charge in [-0.25, -0.2) is 14.8 Å². The van der Waals surface area contributed by atoms with Crippen molar-refractivity contribution in [2.24, 2.45) is 0 Å². The summed E-state index contributed by atoms with van der Waals surface area (Å²) in [6.45, 7) is 0. The van der Waals surface area contributed by atoms with E-state index in [-0.39, 0.29) is 11.6 Å². The second-order valence-corrected chi connectivity index (χ2v) is 13.4. The topological polar surface area (TPSA) is 121 Å². The summed E-state index contributed by atoms with van der Waals surface area (Å²) in [7, 11) is 6.53. The summed E-state index contributed by atoms with van der Waals surface area (Å²) in [6.07, 6.45) is 4.07. The number of esters is 1. The van der Waals surface area contributed by atoms with Crippen LogP contribution >= 0.6 is 0 Å². The van der Waals surface area contributed by atoms with Crippen LogP contribution in [0.2, 0.25) is 0 Å². The van der Waals surface area contributed by atoms with E-state index in [2.05, 4.69) is 9.97 Å². The number of rotatable bonds is 8. The summed E-state index contributed by atoms with van der Waals surface area (Å²) in [5.41, 5.74) is 10.8. The molecule has 3 aromatic heterocycles. The first kappa shape index (κ1) is 35.1. The molecule has 10 nitrogen and oxygen atoms in total. The van der Waals surface area contributed by atoms with Gasteiger partial charge in [0, 0.05) is 33.2 Å². The minimum atomic E-state index is -0.583. The van der Waals surface area contributed by atoms with Crippen molar-refractivity contribution in [3.05, 3.63) is 138 Å². The Morgan fingerprint density at radius 1 is 0.421 bits per heavy atom. The zero-order valence-electron chi connectivity index (χ0n) is 31.5. The van der Waals surface area contributed by atoms with E-state index in [1.54, 1.807) is 28.4 Å². The molecule has 7 aromatic rings. The van der Waals surface area contributed by atoms with Crippen molar-refractivity contribution in [2.75, 3.05) is 28.4 Å². The van der Waals surface area contributed by atoms with Gasteiger partial charge in [-0.15, -0.1) is 0 Å². The normalized spacial score (nSPS) is 12.0. The van der Waals surface area contributed by atoms with Gasteiger partial charge in [0.25, 0.3) is 0 Å². The number of aromatic amines is 2. The Morgan fingerprint density at radius 3 is 1.14 bits per heavy atom. The van der Waals surface area contributed by atoms with E-state index in [0.29, 0.717) is 33.7 Å². The van der Waals surface area contributed by atoms with Crippen LogP contribution < -0.4 is 23.7 Å². The molecule has 0 amide bonds. The number of benzene rings is 4. The van der Waals surface area contributed by atoms with Crippen molar-refractivity contribution in [3.8, 4) is 73.4 Å². The molecule has 0 spiro atoms. The summed E-state index contributed by atoms with van der Waals surface area (Å²) in [4.78, 5) is 31.8. The number of hydrogen-bond acceptors (Lipinski definition) is 8. The summed E-state index contributed by atoms with van der Waals surface area (Å²) in [5, 5.41) is 0. The summed E-state index contributed by atoms with van der Waals surface area (Å²) in [6, 6.07) is 38.8. The first-order chi connectivity index (χ1) is 27.9. The van der Waals surface area contributed by atoms with Gasteiger partial charge in [0.1, 0.15) is 23.0 Å². The maximum absolute atomic E-state index is 14.2. The van der Waals surface area contributed by atoms with Crippen molar-refractivity contribution >= 4 is 40.2 Å². The van der Waals surface area contributed by atoms with Crippen molar-refractivity contribution in [1.29, 1.82) is 0 Å². The quantitative estimate of drug-likeness (QED) is 0.147. The highest BCUT2D eigenvalue weighted by molar-refractivity contribution is 6.05. The molecule has 0 unspecified atom stereocenters. The molecule has 9 rings (SSSR count). The van der Waals surface area contributed by atoms with Gasteiger partial charge in [-0.1, -0.05) is 48.5 Å². The predicted molar refractivity (Wildman–Crippen MR) is 223 cm³/mol. The SMILES string of the molecule is COc1ccc(-c2c3nc(c(-c4ccc(OC)cc4)c4ccc([nH]4)c(-c4ccc(OC)cc4)c4nc(c(-c5ccc(OC)cc5)c5ccc2[nH]5)OC4=O)C=C3)cc1. The van der Waals surface area contributed by atoms with Crippen LogP contribution in [0, 0.1) is 0 Å². The number of carbonyl (C=O) groups is 1. The van der Waals surface area contributed by atoms with E-state index >= 15 is 0 Å². The Labute approximate surface area is 328 Å². The highest BCUT2D eigenvalue weighted by atomic mass is 16.6. The van der Waals surface area contributed by atoms with E-state index in [1.165, 1.54) is 0 Å². The molecule has 4 aromatic carbocycles. The van der Waals surface area contributed by atoms with Crippen LogP contribution in [0.25, 0.3) is 78.7 Å². The molecule has 0 atom stereocenters. The largest absolute Gasteiger partial charge is 0.497 e. The first-order valence-corrected chi connectivity index (χ1v) is 18.2. The van der Waals surface area contributed by atoms with Gasteiger partial charge in [0.2, 0.25) is 5.88 Å². The first-order valence-electron chi connectivity index (χ1n) is 18.2. The molecule has 0 saturated carbocycles. The Balaban J connectivity index is 1.45. The van der Waals surface area contributed by atoms with Crippen LogP contribution in [-0.4, -0.2) is 54.3 Å². The fourth-order valence-electron chi connectivity index (χ4n) is 7.31. The van der Waals surface area contributed by atoms with E-state index in [9.17, 15) is 4.79 Å². The number of nitrogens with zero attached hydrogens (tertiary/aromatic N) is 2. The van der Waals surface area contributed by atoms with Gasteiger partial charge in [-0.2, -0.15) is 0 Å². The highest BCUT2D eigenvalue weighted by Gasteiger charge is 2.28. The highest BCUT2D eigenvalue weighted by Crippen LogP contribution is 2.40. The van der Waals surface area contributed by atoms with Crippen LogP contribution in [0.15, 0.2) is 121 Å². The van der Waals surface area contributed by atoms with Crippen LogP contribution in [0.4, 0.5) is 0 Å². The van der Waals surface area contributed by atoms with Crippen LogP contribution in [0.3, 0.4) is 0 Å². The average Bonchev–Trinajstić information content (AvgIpc) is 4.09. The smallest absolute Gasteiger partial charge is 0.364 e. The lowest BCUT2D eigenvalue weighted by molar-refractivity contribution is 0.0755. The molecule has 2 aliphatic rings. The number of methoxy groups -OCH3 is 4. The molecule has 8 bridgehead atoms. The number of carbonyl (C=O) groups excluding carboxylic acids is 1. The van der Waals surface area contributed by atoms with Gasteiger partial charge >= 0.3 is 5.97 Å². The second kappa shape index (κ2) is 14.6. The Bertz CT molecular complexity index is 2860. The van der Waals surface area contributed by atoms with Gasteiger partial charge in [0.05, 0.1) is 50.9 Å². The fraction of sp³-hybridized carbons (Fsp3) is 0.0851. The van der Waals surface area contributed by atoms with Crippen molar-refractivity contribution in [1.82, 2.24) is 19.9 Å². The van der Waals surface area contributed by atoms with E-state index in [0.717, 1.165) is 67.3 Å². The van der Waals surface area contributed by atoms with Crippen LogP contribution in [0.1, 0.15) is 21.9 Å². The van der Waals surface area contributed by atoms with Gasteiger partial charge < -0.3 is 33.7 Å². The molecule has 2 aliphatic heterocycles. The van der Waals surface area contributed by atoms with Crippen LogP contribution in [0.5, 0.6) is 28.9 Å². The fourth-order valence-corrected chi connectivity index (χ4v) is 7.31. The molecule has 0 radical (unpaired) electrons. The molecular formula is C47H36N4O6. The Morgan fingerprint density at radius 2 is 0.754 bits per heavy atom. The minimum absolute atomic E-state index is 0.152. The van der Waals surface area contributed by atoms with Crippen LogP contribution in [-0.2, 0) is 0 Å². The predicted octanol–water partition coefficient (Wildman–Crippen LogP) is 10.4. The number of aromatic nitrogens is 4. The lowest BCUT2D eigenvalue weighted by atomic mass is 10.0. The third-order valence-corrected chi connectivity index (χ3v) is 10.2. The molecule has 0 fully saturated rings. The van der Waals surface area contributed by atoms with Gasteiger partial charge in [-0.05, 0) is 107 Å². The molecule has 0 aliphatic carbocycles. The maximum Gasteiger partial charge on any atom is 0.364 e. The van der Waals surface area contributed by atoms with E-state index in [4.69, 9.17) is 33.7 Å². The number of H-pyrrole nitrogens is 2. The number of ether oxygens (including phenoxy) is 5. The summed E-state index contributed by atoms with van der Waals surface area (Å²) in [5.74, 6) is 2.42. The van der Waals surface area contributed by atoms with E-state index in [1.807, 2.05) is 133 Å². The maximum atomic E-state index is 14.2. The lowest BCUT2D eigenvalue weighted by Gasteiger charge is -2.07. The number of nitrogens with one attached hydrogen (secondary N) is 2. The summed E-state index contributed by atoms with van der Waals surface area (Å²) < 4.78 is 28.1. The molecule has 10 heteroatoms. The van der Waals surface area contributed by atoms with Crippen molar-refractivity contribution in [2.45, 2.75) is 0 Å². The zero-order chi connectivity index (χ0) is 39.0. The third kappa shape index (κ3) is 6.42. The lowest BCUT2D eigenvalue weighted by Crippen LogP contribution is -2.04. The third-order valence-electron chi connectivity index (χ3n) is 10.2. The molecule has 0 saturated heterocycles. The molecule has 57 heavy (non-hydrogen) atoms. The van der Waals surface area contributed by atoms with Crippen molar-refractivity contribution < 1.29 is 28.5 Å². The standard InChI is InChI=1S/C47H36N4O6/c1-53-31-13-5-27(6-14-31)41-35-21-22-36(48-35)42(28-7-15-32(54-2)16-8-28)38-24-26-40(50-38)44(30-11-19-34(56-4)20-12-30)46-51-45(47(52)57-46)43(39-25-23-37(41)49-39)29-9-17-33(55-3)18-10-29/h5-26,49-50H,1-4H3. The minimum Gasteiger partial charge on any atom is -0.497 e. The Hall–Kier alpha value is -7.59. The number of hydrogen-bond donors (Lipinski definition) is 2. The molecular weight excluding hydrogens is 717 g/mol. The van der Waals surface area contributed by atoms with E-state index < -0.39 is 5.97 Å². The second-order valence-electron chi connectivity index (χ2n) is 13.4.